The molecule has 2 rings (SSSR count). The third-order valence-corrected chi connectivity index (χ3v) is 2.77. The zero-order valence-electron chi connectivity index (χ0n) is 10.4. The van der Waals surface area contributed by atoms with E-state index in [4.69, 9.17) is 0 Å². The van der Waals surface area contributed by atoms with Gasteiger partial charge in [0.05, 0.1) is 0 Å². The molecule has 0 atom stereocenters. The Bertz CT molecular complexity index is 492. The van der Waals surface area contributed by atoms with Gasteiger partial charge in [-0.1, -0.05) is 31.2 Å². The Hall–Kier alpha value is -1.67. The molecule has 0 spiro atoms. The maximum Gasteiger partial charge on any atom is 0.0346 e. The lowest BCUT2D eigenvalue weighted by atomic mass is 10.0. The lowest BCUT2D eigenvalue weighted by molar-refractivity contribution is 0.728. The number of aryl methyl sites for hydroxylation is 1. The first-order chi connectivity index (χ1) is 8.31. The van der Waals surface area contributed by atoms with Crippen LogP contribution in [0.25, 0.3) is 11.1 Å². The van der Waals surface area contributed by atoms with Gasteiger partial charge in [0, 0.05) is 24.5 Å². The smallest absolute Gasteiger partial charge is 0.0346 e. The SMILES string of the molecule is CCNCc1ccccc1-c1cncc(C)c1. The molecule has 1 aromatic heterocycles. The van der Waals surface area contributed by atoms with Gasteiger partial charge >= 0.3 is 0 Å². The van der Waals surface area contributed by atoms with Gasteiger partial charge in [-0.25, -0.2) is 0 Å². The number of nitrogens with one attached hydrogen (secondary N) is 1. The minimum absolute atomic E-state index is 0.903. The summed E-state index contributed by atoms with van der Waals surface area (Å²) in [6, 6.07) is 10.7. The van der Waals surface area contributed by atoms with Crippen molar-refractivity contribution < 1.29 is 0 Å². The summed E-state index contributed by atoms with van der Waals surface area (Å²) in [5.74, 6) is 0. The molecule has 17 heavy (non-hydrogen) atoms. The first-order valence-corrected chi connectivity index (χ1v) is 6.02. The van der Waals surface area contributed by atoms with Crippen LogP contribution in [-0.2, 0) is 6.54 Å². The highest BCUT2D eigenvalue weighted by Gasteiger charge is 2.04. The lowest BCUT2D eigenvalue weighted by Gasteiger charge is -2.10. The van der Waals surface area contributed by atoms with Crippen molar-refractivity contribution in [1.29, 1.82) is 0 Å². The van der Waals surface area contributed by atoms with Crippen molar-refractivity contribution in [1.82, 2.24) is 10.3 Å². The van der Waals surface area contributed by atoms with E-state index < -0.39 is 0 Å². The molecule has 0 fully saturated rings. The molecule has 0 amide bonds. The van der Waals surface area contributed by atoms with Crippen molar-refractivity contribution in [2.75, 3.05) is 6.54 Å². The third kappa shape index (κ3) is 2.92. The fourth-order valence-electron chi connectivity index (χ4n) is 1.92. The zero-order valence-corrected chi connectivity index (χ0v) is 10.4. The summed E-state index contributed by atoms with van der Waals surface area (Å²) in [7, 11) is 0. The molecule has 0 aliphatic rings. The van der Waals surface area contributed by atoms with Crippen LogP contribution in [0.5, 0.6) is 0 Å². The van der Waals surface area contributed by atoms with Gasteiger partial charge in [-0.3, -0.25) is 4.98 Å². The van der Waals surface area contributed by atoms with Crippen molar-refractivity contribution in [2.24, 2.45) is 0 Å². The van der Waals surface area contributed by atoms with Gasteiger partial charge in [0.1, 0.15) is 0 Å². The second-order valence-corrected chi connectivity index (χ2v) is 4.19. The van der Waals surface area contributed by atoms with E-state index in [1.165, 1.54) is 22.3 Å². The first kappa shape index (κ1) is 11.8. The summed E-state index contributed by atoms with van der Waals surface area (Å²) in [6.45, 7) is 6.08. The van der Waals surface area contributed by atoms with Gasteiger partial charge in [0.2, 0.25) is 0 Å². The second kappa shape index (κ2) is 5.60. The van der Waals surface area contributed by atoms with Gasteiger partial charge in [-0.15, -0.1) is 0 Å². The molecule has 2 aromatic rings. The van der Waals surface area contributed by atoms with Crippen molar-refractivity contribution >= 4 is 0 Å². The van der Waals surface area contributed by atoms with E-state index in [1.807, 2.05) is 12.4 Å². The number of nitrogens with zero attached hydrogens (tertiary/aromatic N) is 1. The highest BCUT2D eigenvalue weighted by molar-refractivity contribution is 5.66. The summed E-state index contributed by atoms with van der Waals surface area (Å²) in [5, 5.41) is 3.37. The molecule has 0 aliphatic heterocycles. The fraction of sp³-hybridized carbons (Fsp3) is 0.267. The van der Waals surface area contributed by atoms with Crippen LogP contribution in [0.2, 0.25) is 0 Å². The van der Waals surface area contributed by atoms with E-state index in [0.717, 1.165) is 13.1 Å². The Morgan fingerprint density at radius 3 is 2.76 bits per heavy atom. The summed E-state index contributed by atoms with van der Waals surface area (Å²) in [4.78, 5) is 4.26. The van der Waals surface area contributed by atoms with Crippen LogP contribution in [0.3, 0.4) is 0 Å². The van der Waals surface area contributed by atoms with E-state index in [9.17, 15) is 0 Å². The molecule has 2 heteroatoms. The van der Waals surface area contributed by atoms with Crippen LogP contribution < -0.4 is 5.32 Å². The minimum Gasteiger partial charge on any atom is -0.313 e. The number of rotatable bonds is 4. The van der Waals surface area contributed by atoms with Crippen LogP contribution >= 0.6 is 0 Å². The zero-order chi connectivity index (χ0) is 12.1. The number of benzene rings is 1. The van der Waals surface area contributed by atoms with E-state index in [1.54, 1.807) is 0 Å². The molecular formula is C15H18N2. The van der Waals surface area contributed by atoms with Crippen LogP contribution in [0.4, 0.5) is 0 Å². The van der Waals surface area contributed by atoms with Crippen molar-refractivity contribution in [3.05, 3.63) is 53.9 Å². The van der Waals surface area contributed by atoms with Gasteiger partial charge in [0.25, 0.3) is 0 Å². The van der Waals surface area contributed by atoms with E-state index >= 15 is 0 Å². The standard InChI is InChI=1S/C15H18N2/c1-3-16-10-13-6-4-5-7-15(13)14-8-12(2)9-17-11-14/h4-9,11,16H,3,10H2,1-2H3. The molecule has 0 unspecified atom stereocenters. The topological polar surface area (TPSA) is 24.9 Å². The van der Waals surface area contributed by atoms with Gasteiger partial charge in [-0.05, 0) is 36.2 Å². The molecule has 1 heterocycles. The number of hydrogen-bond acceptors (Lipinski definition) is 2. The summed E-state index contributed by atoms with van der Waals surface area (Å²) < 4.78 is 0. The predicted octanol–water partition coefficient (Wildman–Crippen LogP) is 3.17. The number of aromatic nitrogens is 1. The van der Waals surface area contributed by atoms with Crippen molar-refractivity contribution in [2.45, 2.75) is 20.4 Å². The van der Waals surface area contributed by atoms with Gasteiger partial charge in [-0.2, -0.15) is 0 Å². The average molecular weight is 226 g/mol. The summed E-state index contributed by atoms with van der Waals surface area (Å²) in [5.41, 5.74) is 4.98. The fourth-order valence-corrected chi connectivity index (χ4v) is 1.92. The molecule has 0 saturated carbocycles. The largest absolute Gasteiger partial charge is 0.313 e. The predicted molar refractivity (Wildman–Crippen MR) is 71.8 cm³/mol. The van der Waals surface area contributed by atoms with E-state index in [2.05, 4.69) is 54.5 Å². The number of pyridine rings is 1. The molecule has 0 bridgehead atoms. The normalized spacial score (nSPS) is 10.5. The Morgan fingerprint density at radius 1 is 1.18 bits per heavy atom. The Morgan fingerprint density at radius 2 is 2.00 bits per heavy atom. The third-order valence-electron chi connectivity index (χ3n) is 2.77. The Kier molecular flexibility index (Phi) is 3.89. The number of hydrogen-bond donors (Lipinski definition) is 1. The van der Waals surface area contributed by atoms with Crippen LogP contribution in [0, 0.1) is 6.92 Å². The molecule has 1 N–H and O–H groups in total. The lowest BCUT2D eigenvalue weighted by Crippen LogP contribution is -2.12. The van der Waals surface area contributed by atoms with Crippen molar-refractivity contribution in [3.63, 3.8) is 0 Å². The van der Waals surface area contributed by atoms with Crippen LogP contribution in [0.1, 0.15) is 18.1 Å². The quantitative estimate of drug-likeness (QED) is 0.866. The first-order valence-electron chi connectivity index (χ1n) is 6.02. The van der Waals surface area contributed by atoms with E-state index in [0.29, 0.717) is 0 Å². The monoisotopic (exact) mass is 226 g/mol. The summed E-state index contributed by atoms with van der Waals surface area (Å²) >= 11 is 0. The van der Waals surface area contributed by atoms with Crippen LogP contribution in [-0.4, -0.2) is 11.5 Å². The molecule has 0 saturated heterocycles. The average Bonchev–Trinajstić information content (AvgIpc) is 2.37. The van der Waals surface area contributed by atoms with Crippen molar-refractivity contribution in [3.8, 4) is 11.1 Å². The maximum absolute atomic E-state index is 4.26. The van der Waals surface area contributed by atoms with Gasteiger partial charge < -0.3 is 5.32 Å². The highest BCUT2D eigenvalue weighted by Crippen LogP contribution is 2.23. The molecule has 88 valence electrons. The Balaban J connectivity index is 2.37. The summed E-state index contributed by atoms with van der Waals surface area (Å²) in [6.07, 6.45) is 3.81. The molecule has 0 aliphatic carbocycles. The molecule has 0 radical (unpaired) electrons. The second-order valence-electron chi connectivity index (χ2n) is 4.19. The molecular weight excluding hydrogens is 208 g/mol. The molecule has 1 aromatic carbocycles. The van der Waals surface area contributed by atoms with E-state index in [-0.39, 0.29) is 0 Å². The van der Waals surface area contributed by atoms with Gasteiger partial charge in [0.15, 0.2) is 0 Å². The molecule has 2 nitrogen and oxygen atoms in total. The maximum atomic E-state index is 4.26. The highest BCUT2D eigenvalue weighted by atomic mass is 14.8. The van der Waals surface area contributed by atoms with Crippen LogP contribution in [0.15, 0.2) is 42.7 Å². The Labute approximate surface area is 103 Å². The minimum atomic E-state index is 0.903.